The Labute approximate surface area is 132 Å². The average molecular weight is 314 g/mol. The van der Waals surface area contributed by atoms with Gasteiger partial charge in [0.05, 0.1) is 12.2 Å². The van der Waals surface area contributed by atoms with E-state index < -0.39 is 0 Å². The van der Waals surface area contributed by atoms with Gasteiger partial charge in [-0.1, -0.05) is 0 Å². The molecule has 2 saturated carbocycles. The van der Waals surface area contributed by atoms with Gasteiger partial charge in [-0.2, -0.15) is 0 Å². The Morgan fingerprint density at radius 1 is 0.682 bits per heavy atom. The van der Waals surface area contributed by atoms with Crippen molar-refractivity contribution in [1.82, 2.24) is 10.6 Å². The zero-order valence-corrected chi connectivity index (χ0v) is 13.7. The first-order chi connectivity index (χ1) is 10.4. The van der Waals surface area contributed by atoms with E-state index in [1.165, 1.54) is 13.8 Å². The molecule has 0 bridgehead atoms. The lowest BCUT2D eigenvalue weighted by Gasteiger charge is -2.25. The largest absolute Gasteiger partial charge is 0.393 e. The molecule has 0 aromatic rings. The van der Waals surface area contributed by atoms with E-state index in [0.717, 1.165) is 51.4 Å². The molecule has 0 saturated heterocycles. The van der Waals surface area contributed by atoms with Crippen LogP contribution in [-0.2, 0) is 9.59 Å². The third-order valence-corrected chi connectivity index (χ3v) is 4.21. The van der Waals surface area contributed by atoms with Crippen LogP contribution in [0.1, 0.15) is 65.2 Å². The summed E-state index contributed by atoms with van der Waals surface area (Å²) >= 11 is 0. The summed E-state index contributed by atoms with van der Waals surface area (Å²) in [5, 5.41) is 24.0. The second-order valence-corrected chi connectivity index (χ2v) is 6.41. The SMILES string of the molecule is CC(=O)NC1CCC(O)CC1.CC(=O)NC1CCC(O)CC1. The predicted molar refractivity (Wildman–Crippen MR) is 84.2 cm³/mol. The Balaban J connectivity index is 0.000000220. The van der Waals surface area contributed by atoms with E-state index in [1.54, 1.807) is 0 Å². The lowest BCUT2D eigenvalue weighted by Crippen LogP contribution is -2.37. The number of carbonyl (C=O) groups excluding carboxylic acids is 2. The van der Waals surface area contributed by atoms with E-state index in [9.17, 15) is 9.59 Å². The van der Waals surface area contributed by atoms with Crippen molar-refractivity contribution in [3.05, 3.63) is 0 Å². The van der Waals surface area contributed by atoms with Gasteiger partial charge >= 0.3 is 0 Å². The zero-order chi connectivity index (χ0) is 16.5. The molecule has 4 N–H and O–H groups in total. The molecule has 0 spiro atoms. The molecule has 2 rings (SSSR count). The molecule has 0 aliphatic heterocycles. The van der Waals surface area contributed by atoms with Gasteiger partial charge in [-0.25, -0.2) is 0 Å². The minimum Gasteiger partial charge on any atom is -0.393 e. The molecule has 2 aliphatic carbocycles. The van der Waals surface area contributed by atoms with E-state index >= 15 is 0 Å². The number of carbonyl (C=O) groups is 2. The van der Waals surface area contributed by atoms with Crippen molar-refractivity contribution in [2.45, 2.75) is 89.5 Å². The number of aliphatic hydroxyl groups is 2. The molecule has 2 amide bonds. The van der Waals surface area contributed by atoms with Gasteiger partial charge in [0.1, 0.15) is 0 Å². The van der Waals surface area contributed by atoms with Gasteiger partial charge in [0.15, 0.2) is 0 Å². The molecule has 0 unspecified atom stereocenters. The molecular weight excluding hydrogens is 284 g/mol. The van der Waals surface area contributed by atoms with Gasteiger partial charge in [-0.3, -0.25) is 9.59 Å². The van der Waals surface area contributed by atoms with E-state index in [2.05, 4.69) is 10.6 Å². The van der Waals surface area contributed by atoms with Crippen molar-refractivity contribution in [1.29, 1.82) is 0 Å². The first kappa shape index (κ1) is 18.9. The first-order valence-electron chi connectivity index (χ1n) is 8.27. The molecule has 0 aromatic carbocycles. The van der Waals surface area contributed by atoms with Crippen LogP contribution in [0.5, 0.6) is 0 Å². The molecule has 0 radical (unpaired) electrons. The van der Waals surface area contributed by atoms with Gasteiger partial charge in [0, 0.05) is 25.9 Å². The molecule has 2 aliphatic rings. The Hall–Kier alpha value is -1.14. The maximum absolute atomic E-state index is 10.6. The standard InChI is InChI=1S/2C8H15NO2/c2*1-6(10)9-7-2-4-8(11)5-3-7/h2*7-8,11H,2-5H2,1H3,(H,9,10). The monoisotopic (exact) mass is 314 g/mol. The van der Waals surface area contributed by atoms with Crippen molar-refractivity contribution in [2.24, 2.45) is 0 Å². The van der Waals surface area contributed by atoms with Crippen LogP contribution in [0.3, 0.4) is 0 Å². The molecule has 6 heteroatoms. The topological polar surface area (TPSA) is 98.7 Å². The normalized spacial score (nSPS) is 31.5. The number of aliphatic hydroxyl groups excluding tert-OH is 2. The third-order valence-electron chi connectivity index (χ3n) is 4.21. The highest BCUT2D eigenvalue weighted by Gasteiger charge is 2.20. The van der Waals surface area contributed by atoms with Crippen LogP contribution in [0.2, 0.25) is 0 Å². The zero-order valence-electron chi connectivity index (χ0n) is 13.7. The van der Waals surface area contributed by atoms with E-state index in [0.29, 0.717) is 12.1 Å². The van der Waals surface area contributed by atoms with Gasteiger partial charge in [0.2, 0.25) is 11.8 Å². The van der Waals surface area contributed by atoms with Crippen molar-refractivity contribution in [2.75, 3.05) is 0 Å². The first-order valence-corrected chi connectivity index (χ1v) is 8.27. The Morgan fingerprint density at radius 2 is 0.955 bits per heavy atom. The van der Waals surface area contributed by atoms with E-state index in [4.69, 9.17) is 10.2 Å². The average Bonchev–Trinajstić information content (AvgIpc) is 2.44. The fourth-order valence-electron chi connectivity index (χ4n) is 3.02. The molecule has 2 fully saturated rings. The smallest absolute Gasteiger partial charge is 0.217 e. The van der Waals surface area contributed by atoms with Gasteiger partial charge in [0.25, 0.3) is 0 Å². The summed E-state index contributed by atoms with van der Waals surface area (Å²) in [5.41, 5.74) is 0. The number of hydrogen-bond acceptors (Lipinski definition) is 4. The second-order valence-electron chi connectivity index (χ2n) is 6.41. The highest BCUT2D eigenvalue weighted by Crippen LogP contribution is 2.18. The fourth-order valence-corrected chi connectivity index (χ4v) is 3.02. The van der Waals surface area contributed by atoms with E-state index in [-0.39, 0.29) is 24.0 Å². The summed E-state index contributed by atoms with van der Waals surface area (Å²) in [6, 6.07) is 0.604. The van der Waals surface area contributed by atoms with Crippen molar-refractivity contribution >= 4 is 11.8 Å². The lowest BCUT2D eigenvalue weighted by molar-refractivity contribution is -0.120. The van der Waals surface area contributed by atoms with Gasteiger partial charge < -0.3 is 20.8 Å². The fraction of sp³-hybridized carbons (Fsp3) is 0.875. The third kappa shape index (κ3) is 8.34. The van der Waals surface area contributed by atoms with Crippen molar-refractivity contribution < 1.29 is 19.8 Å². The molecule has 0 atom stereocenters. The summed E-state index contributed by atoms with van der Waals surface area (Å²) in [6.07, 6.45) is 6.69. The molecule has 22 heavy (non-hydrogen) atoms. The summed E-state index contributed by atoms with van der Waals surface area (Å²) in [6.45, 7) is 3.07. The molecule has 128 valence electrons. The Morgan fingerprint density at radius 3 is 1.18 bits per heavy atom. The highest BCUT2D eigenvalue weighted by molar-refractivity contribution is 5.73. The predicted octanol–water partition coefficient (Wildman–Crippen LogP) is 0.852. The van der Waals surface area contributed by atoms with Crippen LogP contribution >= 0.6 is 0 Å². The van der Waals surface area contributed by atoms with Gasteiger partial charge in [-0.15, -0.1) is 0 Å². The summed E-state index contributed by atoms with van der Waals surface area (Å²) in [7, 11) is 0. The second kappa shape index (κ2) is 9.79. The Bertz CT molecular complexity index is 312. The minimum absolute atomic E-state index is 0.0337. The van der Waals surface area contributed by atoms with Crippen LogP contribution in [0.4, 0.5) is 0 Å². The van der Waals surface area contributed by atoms with Crippen LogP contribution in [0.15, 0.2) is 0 Å². The highest BCUT2D eigenvalue weighted by atomic mass is 16.3. The number of rotatable bonds is 2. The molecule has 6 nitrogen and oxygen atoms in total. The number of nitrogens with one attached hydrogen (secondary N) is 2. The molecule has 0 aromatic heterocycles. The van der Waals surface area contributed by atoms with Gasteiger partial charge in [-0.05, 0) is 51.4 Å². The maximum atomic E-state index is 10.6. The molecular formula is C16H30N2O4. The van der Waals surface area contributed by atoms with Crippen LogP contribution in [-0.4, -0.2) is 46.3 Å². The summed E-state index contributed by atoms with van der Waals surface area (Å²) in [5.74, 6) is 0.0674. The minimum atomic E-state index is -0.139. The van der Waals surface area contributed by atoms with Crippen LogP contribution in [0, 0.1) is 0 Å². The number of hydrogen-bond donors (Lipinski definition) is 4. The lowest BCUT2D eigenvalue weighted by atomic mass is 9.93. The number of amides is 2. The van der Waals surface area contributed by atoms with Crippen LogP contribution in [0.25, 0.3) is 0 Å². The van der Waals surface area contributed by atoms with E-state index in [1.807, 2.05) is 0 Å². The van der Waals surface area contributed by atoms with Crippen LogP contribution < -0.4 is 10.6 Å². The quantitative estimate of drug-likeness (QED) is 0.607. The van der Waals surface area contributed by atoms with Crippen molar-refractivity contribution in [3.63, 3.8) is 0 Å². The Kier molecular flexibility index (Phi) is 8.42. The summed E-state index contributed by atoms with van der Waals surface area (Å²) < 4.78 is 0. The maximum Gasteiger partial charge on any atom is 0.217 e. The van der Waals surface area contributed by atoms with Crippen molar-refractivity contribution in [3.8, 4) is 0 Å². The summed E-state index contributed by atoms with van der Waals surface area (Å²) in [4.78, 5) is 21.2. The molecule has 0 heterocycles.